The van der Waals surface area contributed by atoms with Gasteiger partial charge in [-0.05, 0) is 82.5 Å². The van der Waals surface area contributed by atoms with Crippen LogP contribution in [0, 0.1) is 20.8 Å². The van der Waals surface area contributed by atoms with E-state index in [0.29, 0.717) is 40.6 Å². The molecule has 30 heavy (non-hydrogen) atoms. The fourth-order valence-electron chi connectivity index (χ4n) is 4.37. The summed E-state index contributed by atoms with van der Waals surface area (Å²) in [7, 11) is 0. The predicted octanol–water partition coefficient (Wildman–Crippen LogP) is 5.59. The van der Waals surface area contributed by atoms with E-state index in [1.54, 1.807) is 19.1 Å². The lowest BCUT2D eigenvalue weighted by molar-refractivity contribution is 0.151. The Morgan fingerprint density at radius 1 is 1.13 bits per heavy atom. The second-order valence-corrected chi connectivity index (χ2v) is 8.50. The average Bonchev–Trinajstić information content (AvgIpc) is 2.68. The second kappa shape index (κ2) is 8.15. The van der Waals surface area contributed by atoms with E-state index in [2.05, 4.69) is 17.9 Å². The van der Waals surface area contributed by atoms with Crippen LogP contribution in [0.2, 0.25) is 0 Å². The van der Waals surface area contributed by atoms with Crippen LogP contribution in [0.15, 0.2) is 39.5 Å². The molecule has 1 fully saturated rings. The highest BCUT2D eigenvalue weighted by atomic mass is 16.5. The summed E-state index contributed by atoms with van der Waals surface area (Å²) in [5.74, 6) is 1.37. The van der Waals surface area contributed by atoms with Crippen molar-refractivity contribution in [2.45, 2.75) is 59.5 Å². The number of benzene rings is 2. The van der Waals surface area contributed by atoms with Crippen molar-refractivity contribution in [2.75, 3.05) is 6.54 Å². The molecule has 1 aliphatic rings. The minimum atomic E-state index is -0.221. The highest BCUT2D eigenvalue weighted by Gasteiger charge is 2.23. The van der Waals surface area contributed by atoms with E-state index < -0.39 is 0 Å². The van der Waals surface area contributed by atoms with E-state index in [1.165, 1.54) is 6.42 Å². The van der Waals surface area contributed by atoms with Crippen molar-refractivity contribution >= 4 is 11.0 Å². The largest absolute Gasteiger partial charge is 0.507 e. The first-order valence-corrected chi connectivity index (χ1v) is 10.6. The Labute approximate surface area is 176 Å². The molecule has 1 aliphatic heterocycles. The number of aromatic hydroxyl groups is 1. The molecule has 1 atom stereocenters. The number of likely N-dealkylation sites (tertiary alicyclic amines) is 1. The van der Waals surface area contributed by atoms with Crippen molar-refractivity contribution in [1.82, 2.24) is 4.90 Å². The van der Waals surface area contributed by atoms with Crippen molar-refractivity contribution in [1.29, 1.82) is 0 Å². The topological polar surface area (TPSA) is 62.9 Å². The van der Waals surface area contributed by atoms with Crippen LogP contribution in [-0.2, 0) is 6.54 Å². The van der Waals surface area contributed by atoms with Gasteiger partial charge in [0.2, 0.25) is 11.2 Å². The van der Waals surface area contributed by atoms with Crippen LogP contribution in [-0.4, -0.2) is 22.6 Å². The minimum absolute atomic E-state index is 0.158. The normalized spacial score (nSPS) is 17.4. The third-order valence-electron chi connectivity index (χ3n) is 5.98. The maximum Gasteiger partial charge on any atom is 0.235 e. The molecular weight excluding hydrogens is 378 g/mol. The molecule has 1 aromatic heterocycles. The van der Waals surface area contributed by atoms with E-state index in [-0.39, 0.29) is 16.9 Å². The van der Waals surface area contributed by atoms with Gasteiger partial charge in [0.05, 0.1) is 10.9 Å². The lowest BCUT2D eigenvalue weighted by Crippen LogP contribution is -2.36. The molecule has 2 aromatic carbocycles. The van der Waals surface area contributed by atoms with Crippen LogP contribution in [0.4, 0.5) is 0 Å². The first kappa shape index (κ1) is 20.5. The highest BCUT2D eigenvalue weighted by molar-refractivity contribution is 5.83. The molecule has 1 saturated heterocycles. The summed E-state index contributed by atoms with van der Waals surface area (Å²) in [6.45, 7) is 9.46. The fraction of sp³-hybridized carbons (Fsp3) is 0.400. The summed E-state index contributed by atoms with van der Waals surface area (Å²) < 4.78 is 12.1. The van der Waals surface area contributed by atoms with E-state index in [9.17, 15) is 9.90 Å². The van der Waals surface area contributed by atoms with Crippen molar-refractivity contribution in [3.05, 3.63) is 63.0 Å². The quantitative estimate of drug-likeness (QED) is 0.611. The second-order valence-electron chi connectivity index (χ2n) is 8.50. The van der Waals surface area contributed by atoms with Crippen LogP contribution < -0.4 is 10.2 Å². The van der Waals surface area contributed by atoms with Crippen LogP contribution in [0.5, 0.6) is 17.2 Å². The Morgan fingerprint density at radius 2 is 1.87 bits per heavy atom. The number of hydrogen-bond donors (Lipinski definition) is 1. The van der Waals surface area contributed by atoms with Gasteiger partial charge in [-0.15, -0.1) is 0 Å². The number of ether oxygens (including phenoxy) is 1. The Bertz CT molecular complexity index is 1130. The smallest absolute Gasteiger partial charge is 0.235 e. The van der Waals surface area contributed by atoms with Crippen LogP contribution >= 0.6 is 0 Å². The zero-order valence-corrected chi connectivity index (χ0v) is 18.1. The molecule has 2 heterocycles. The number of phenols is 1. The molecule has 3 aromatic rings. The number of phenolic OH excluding ortho intramolecular Hbond substituents is 1. The number of fused-ring (bicyclic) bond motifs is 1. The van der Waals surface area contributed by atoms with Gasteiger partial charge in [-0.2, -0.15) is 0 Å². The van der Waals surface area contributed by atoms with Crippen LogP contribution in [0.25, 0.3) is 11.0 Å². The van der Waals surface area contributed by atoms with Gasteiger partial charge in [0.1, 0.15) is 22.8 Å². The van der Waals surface area contributed by atoms with Gasteiger partial charge in [-0.25, -0.2) is 0 Å². The van der Waals surface area contributed by atoms with Gasteiger partial charge in [0.25, 0.3) is 0 Å². The number of piperidine rings is 1. The van der Waals surface area contributed by atoms with Gasteiger partial charge in [0, 0.05) is 12.6 Å². The van der Waals surface area contributed by atoms with Crippen molar-refractivity contribution < 1.29 is 14.3 Å². The summed E-state index contributed by atoms with van der Waals surface area (Å²) >= 11 is 0. The average molecular weight is 408 g/mol. The third-order valence-corrected chi connectivity index (χ3v) is 5.98. The lowest BCUT2D eigenvalue weighted by Gasteiger charge is -2.33. The zero-order chi connectivity index (χ0) is 21.4. The monoisotopic (exact) mass is 407 g/mol. The first-order chi connectivity index (χ1) is 14.3. The third kappa shape index (κ3) is 3.94. The summed E-state index contributed by atoms with van der Waals surface area (Å²) in [6, 6.07) is 9.49. The van der Waals surface area contributed by atoms with Crippen LogP contribution in [0.1, 0.15) is 48.6 Å². The van der Waals surface area contributed by atoms with Crippen molar-refractivity contribution in [2.24, 2.45) is 0 Å². The summed E-state index contributed by atoms with van der Waals surface area (Å²) in [4.78, 5) is 15.6. The number of hydrogen-bond acceptors (Lipinski definition) is 5. The Hall–Kier alpha value is -2.79. The highest BCUT2D eigenvalue weighted by Crippen LogP contribution is 2.33. The molecule has 0 bridgehead atoms. The van der Waals surface area contributed by atoms with Gasteiger partial charge in [-0.1, -0.05) is 12.5 Å². The number of aryl methyl sites for hydroxylation is 3. The maximum atomic E-state index is 13.3. The molecule has 0 spiro atoms. The molecule has 0 amide bonds. The predicted molar refractivity (Wildman–Crippen MR) is 119 cm³/mol. The molecule has 5 nitrogen and oxygen atoms in total. The molecule has 0 radical (unpaired) electrons. The van der Waals surface area contributed by atoms with E-state index in [4.69, 9.17) is 9.15 Å². The minimum Gasteiger partial charge on any atom is -0.507 e. The van der Waals surface area contributed by atoms with E-state index >= 15 is 0 Å². The van der Waals surface area contributed by atoms with Gasteiger partial charge >= 0.3 is 0 Å². The van der Waals surface area contributed by atoms with Gasteiger partial charge < -0.3 is 14.3 Å². The molecule has 1 unspecified atom stereocenters. The van der Waals surface area contributed by atoms with Gasteiger partial charge in [-0.3, -0.25) is 9.69 Å². The molecular formula is C25H29NO4. The number of rotatable bonds is 4. The zero-order valence-electron chi connectivity index (χ0n) is 18.1. The SMILES string of the molecule is Cc1cc(C)cc(Oc2c(C)oc3c(CN4CCCCC4C)c(O)ccc3c2=O)c1. The molecule has 0 saturated carbocycles. The van der Waals surface area contributed by atoms with E-state index in [0.717, 1.165) is 30.5 Å². The van der Waals surface area contributed by atoms with Crippen molar-refractivity contribution in [3.63, 3.8) is 0 Å². The number of nitrogens with zero attached hydrogens (tertiary/aromatic N) is 1. The van der Waals surface area contributed by atoms with E-state index in [1.807, 2.05) is 26.0 Å². The standard InChI is InChI=1S/C25H29NO4/c1-15-11-16(2)13-19(12-15)30-24-18(4)29-25-20(23(24)28)8-9-22(27)21(25)14-26-10-6-5-7-17(26)3/h8-9,11-13,17,27H,5-7,10,14H2,1-4H3. The Kier molecular flexibility index (Phi) is 5.56. The lowest BCUT2D eigenvalue weighted by atomic mass is 10.0. The first-order valence-electron chi connectivity index (χ1n) is 10.6. The van der Waals surface area contributed by atoms with Crippen LogP contribution in [0.3, 0.4) is 0 Å². The summed E-state index contributed by atoms with van der Waals surface area (Å²) in [5, 5.41) is 11.0. The molecule has 0 aliphatic carbocycles. The van der Waals surface area contributed by atoms with Gasteiger partial charge in [0.15, 0.2) is 0 Å². The fourth-order valence-corrected chi connectivity index (χ4v) is 4.37. The van der Waals surface area contributed by atoms with Crippen molar-refractivity contribution in [3.8, 4) is 17.2 Å². The Morgan fingerprint density at radius 3 is 2.57 bits per heavy atom. The summed E-state index contributed by atoms with van der Waals surface area (Å²) in [6.07, 6.45) is 3.52. The molecule has 4 rings (SSSR count). The maximum absolute atomic E-state index is 13.3. The molecule has 1 N–H and O–H groups in total. The molecule has 158 valence electrons. The summed E-state index contributed by atoms with van der Waals surface area (Å²) in [5.41, 5.74) is 3.02. The molecule has 5 heteroatoms. The Balaban J connectivity index is 1.77.